The van der Waals surface area contributed by atoms with Crippen molar-refractivity contribution in [3.05, 3.63) is 53.6 Å². The lowest BCUT2D eigenvalue weighted by Crippen LogP contribution is -2.47. The molecular weight excluding hydrogens is 394 g/mol. The summed E-state index contributed by atoms with van der Waals surface area (Å²) in [7, 11) is -2.39. The summed E-state index contributed by atoms with van der Waals surface area (Å²) in [6.45, 7) is 5.20. The first-order valence-electron chi connectivity index (χ1n) is 8.92. The highest BCUT2D eigenvalue weighted by Crippen LogP contribution is 2.20. The Hall–Kier alpha value is -2.91. The van der Waals surface area contributed by atoms with Gasteiger partial charge in [-0.1, -0.05) is 19.9 Å². The number of aryl methyl sites for hydroxylation is 1. The fourth-order valence-electron chi connectivity index (χ4n) is 2.71. The normalized spacial score (nSPS) is 12.3. The number of carbonyl (C=O) groups excluding carboxylic acids is 2. The maximum atomic E-state index is 12.7. The number of nitrogens with two attached hydrogens (primary N) is 1. The van der Waals surface area contributed by atoms with Crippen LogP contribution < -0.4 is 20.5 Å². The summed E-state index contributed by atoms with van der Waals surface area (Å²) >= 11 is 0. The van der Waals surface area contributed by atoms with Crippen LogP contribution in [0.15, 0.2) is 47.4 Å². The number of methoxy groups -OCH3 is 1. The van der Waals surface area contributed by atoms with E-state index < -0.39 is 27.9 Å². The van der Waals surface area contributed by atoms with Crippen molar-refractivity contribution >= 4 is 27.5 Å². The van der Waals surface area contributed by atoms with Crippen LogP contribution in [0.4, 0.5) is 5.69 Å². The summed E-state index contributed by atoms with van der Waals surface area (Å²) in [6, 6.07) is 10.1. The number of primary sulfonamides is 1. The van der Waals surface area contributed by atoms with Crippen LogP contribution in [0.2, 0.25) is 0 Å². The molecule has 0 spiro atoms. The number of benzene rings is 2. The number of hydrogen-bond donors (Lipinski definition) is 3. The molecular formula is C20H25N3O5S. The van der Waals surface area contributed by atoms with Crippen molar-refractivity contribution in [2.75, 3.05) is 12.4 Å². The lowest BCUT2D eigenvalue weighted by atomic mass is 10.0. The molecule has 0 aromatic heterocycles. The second-order valence-corrected chi connectivity index (χ2v) is 8.47. The van der Waals surface area contributed by atoms with Crippen LogP contribution in [-0.4, -0.2) is 33.4 Å². The fraction of sp³-hybridized carbons (Fsp3) is 0.300. The molecule has 2 aromatic carbocycles. The Morgan fingerprint density at radius 2 is 1.69 bits per heavy atom. The number of rotatable bonds is 7. The van der Waals surface area contributed by atoms with E-state index in [4.69, 9.17) is 9.88 Å². The number of amides is 2. The van der Waals surface area contributed by atoms with Crippen molar-refractivity contribution in [1.29, 1.82) is 0 Å². The van der Waals surface area contributed by atoms with Crippen LogP contribution in [0.5, 0.6) is 5.75 Å². The zero-order valence-electron chi connectivity index (χ0n) is 16.7. The highest BCUT2D eigenvalue weighted by atomic mass is 32.2. The first kappa shape index (κ1) is 22.4. The molecule has 0 saturated heterocycles. The van der Waals surface area contributed by atoms with E-state index in [2.05, 4.69) is 10.6 Å². The lowest BCUT2D eigenvalue weighted by molar-refractivity contribution is -0.118. The third kappa shape index (κ3) is 5.78. The van der Waals surface area contributed by atoms with E-state index in [1.807, 2.05) is 0 Å². The molecule has 0 bridgehead atoms. The third-order valence-corrected chi connectivity index (χ3v) is 5.40. The number of hydrogen-bond acceptors (Lipinski definition) is 5. The molecule has 29 heavy (non-hydrogen) atoms. The number of anilines is 1. The van der Waals surface area contributed by atoms with Gasteiger partial charge in [0.15, 0.2) is 0 Å². The van der Waals surface area contributed by atoms with Gasteiger partial charge in [0, 0.05) is 11.3 Å². The van der Waals surface area contributed by atoms with Crippen LogP contribution in [-0.2, 0) is 14.8 Å². The molecule has 0 radical (unpaired) electrons. The standard InChI is InChI=1S/C20H25N3O5S/c1-12(2)18(23-19(24)14-6-9-16(28-4)10-7-14)20(25)22-15-8-5-13(3)17(11-15)29(21,26)27/h5-12,18H,1-4H3,(H,22,25)(H,23,24)(H2,21,26,27)/t18-/m0/s1. The van der Waals surface area contributed by atoms with E-state index in [-0.39, 0.29) is 16.5 Å². The van der Waals surface area contributed by atoms with Crippen molar-refractivity contribution < 1.29 is 22.7 Å². The maximum absolute atomic E-state index is 12.7. The second kappa shape index (κ2) is 9.06. The van der Waals surface area contributed by atoms with E-state index in [1.54, 1.807) is 57.2 Å². The van der Waals surface area contributed by atoms with Gasteiger partial charge in [0.2, 0.25) is 15.9 Å². The van der Waals surface area contributed by atoms with Gasteiger partial charge < -0.3 is 15.4 Å². The molecule has 8 nitrogen and oxygen atoms in total. The Morgan fingerprint density at radius 3 is 2.21 bits per heavy atom. The first-order valence-corrected chi connectivity index (χ1v) is 10.5. The molecule has 0 fully saturated rings. The summed E-state index contributed by atoms with van der Waals surface area (Å²) in [5.41, 5.74) is 1.13. The van der Waals surface area contributed by atoms with Crippen molar-refractivity contribution in [3.8, 4) is 5.75 Å². The van der Waals surface area contributed by atoms with Gasteiger partial charge in [0.1, 0.15) is 11.8 Å². The Balaban J connectivity index is 2.18. The van der Waals surface area contributed by atoms with Crippen LogP contribution >= 0.6 is 0 Å². The van der Waals surface area contributed by atoms with E-state index >= 15 is 0 Å². The molecule has 2 amide bonds. The zero-order valence-corrected chi connectivity index (χ0v) is 17.5. The maximum Gasteiger partial charge on any atom is 0.251 e. The molecule has 2 aromatic rings. The minimum Gasteiger partial charge on any atom is -0.497 e. The molecule has 9 heteroatoms. The molecule has 1 atom stereocenters. The van der Waals surface area contributed by atoms with Crippen molar-refractivity contribution in [3.63, 3.8) is 0 Å². The summed E-state index contributed by atoms with van der Waals surface area (Å²) in [5, 5.41) is 10.6. The summed E-state index contributed by atoms with van der Waals surface area (Å²) in [5.74, 6) is -0.466. The molecule has 2 rings (SSSR count). The molecule has 0 unspecified atom stereocenters. The average molecular weight is 420 g/mol. The van der Waals surface area contributed by atoms with Gasteiger partial charge >= 0.3 is 0 Å². The van der Waals surface area contributed by atoms with Gasteiger partial charge in [-0.3, -0.25) is 9.59 Å². The smallest absolute Gasteiger partial charge is 0.251 e. The van der Waals surface area contributed by atoms with Gasteiger partial charge in [-0.05, 0) is 54.8 Å². The number of nitrogens with one attached hydrogen (secondary N) is 2. The molecule has 0 aliphatic rings. The zero-order chi connectivity index (χ0) is 21.8. The molecule has 0 aliphatic carbocycles. The van der Waals surface area contributed by atoms with Crippen molar-refractivity contribution in [1.82, 2.24) is 5.32 Å². The summed E-state index contributed by atoms with van der Waals surface area (Å²) in [6.07, 6.45) is 0. The first-order chi connectivity index (χ1) is 13.5. The fourth-order valence-corrected chi connectivity index (χ4v) is 3.51. The van der Waals surface area contributed by atoms with Gasteiger partial charge in [-0.2, -0.15) is 0 Å². The predicted octanol–water partition coefficient (Wildman–Crippen LogP) is 2.04. The summed E-state index contributed by atoms with van der Waals surface area (Å²) < 4.78 is 28.4. The number of sulfonamides is 1. The topological polar surface area (TPSA) is 128 Å². The van der Waals surface area contributed by atoms with Crippen LogP contribution in [0.3, 0.4) is 0 Å². The Kier molecular flexibility index (Phi) is 6.99. The molecule has 4 N–H and O–H groups in total. The van der Waals surface area contributed by atoms with Gasteiger partial charge in [-0.25, -0.2) is 13.6 Å². The van der Waals surface area contributed by atoms with E-state index in [0.29, 0.717) is 16.9 Å². The quantitative estimate of drug-likeness (QED) is 0.633. The van der Waals surface area contributed by atoms with Crippen LogP contribution in [0.25, 0.3) is 0 Å². The molecule has 0 heterocycles. The Morgan fingerprint density at radius 1 is 1.07 bits per heavy atom. The highest BCUT2D eigenvalue weighted by molar-refractivity contribution is 7.89. The van der Waals surface area contributed by atoms with E-state index in [0.717, 1.165) is 0 Å². The second-order valence-electron chi connectivity index (χ2n) is 6.94. The number of carbonyl (C=O) groups is 2. The van der Waals surface area contributed by atoms with Gasteiger partial charge in [0.05, 0.1) is 12.0 Å². The van der Waals surface area contributed by atoms with Crippen LogP contribution in [0, 0.1) is 12.8 Å². The largest absolute Gasteiger partial charge is 0.497 e. The van der Waals surface area contributed by atoms with E-state index in [1.165, 1.54) is 13.2 Å². The van der Waals surface area contributed by atoms with Crippen LogP contribution in [0.1, 0.15) is 29.8 Å². The minimum atomic E-state index is -3.92. The number of ether oxygens (including phenoxy) is 1. The lowest BCUT2D eigenvalue weighted by Gasteiger charge is -2.22. The highest BCUT2D eigenvalue weighted by Gasteiger charge is 2.25. The van der Waals surface area contributed by atoms with Crippen molar-refractivity contribution in [2.45, 2.75) is 31.7 Å². The average Bonchev–Trinajstić information content (AvgIpc) is 2.66. The van der Waals surface area contributed by atoms with Gasteiger partial charge in [0.25, 0.3) is 5.91 Å². The predicted molar refractivity (Wildman–Crippen MR) is 110 cm³/mol. The third-order valence-electron chi connectivity index (χ3n) is 4.35. The Bertz CT molecular complexity index is 1000. The molecule has 0 aliphatic heterocycles. The minimum absolute atomic E-state index is 0.0707. The SMILES string of the molecule is COc1ccc(C(=O)N[C@H](C(=O)Nc2ccc(C)c(S(N)(=O)=O)c2)C(C)C)cc1. The monoisotopic (exact) mass is 419 g/mol. The van der Waals surface area contributed by atoms with Gasteiger partial charge in [-0.15, -0.1) is 0 Å². The molecule has 156 valence electrons. The summed E-state index contributed by atoms with van der Waals surface area (Å²) in [4.78, 5) is 25.2. The molecule has 0 saturated carbocycles. The van der Waals surface area contributed by atoms with Crippen molar-refractivity contribution in [2.24, 2.45) is 11.1 Å². The Labute approximate surface area is 170 Å². The van der Waals surface area contributed by atoms with E-state index in [9.17, 15) is 18.0 Å².